The van der Waals surface area contributed by atoms with Crippen LogP contribution in [0.25, 0.3) is 0 Å². The fraction of sp³-hybridized carbons (Fsp3) is 0.833. The second kappa shape index (κ2) is 28.0. The van der Waals surface area contributed by atoms with E-state index in [2.05, 4.69) is 60.6 Å². The largest absolute Gasteiger partial charge is 0.279 e. The van der Waals surface area contributed by atoms with Gasteiger partial charge in [0.2, 0.25) is 0 Å². The molecule has 254 valence electrons. The third kappa shape index (κ3) is 18.6. The molecule has 2 rings (SSSR count). The van der Waals surface area contributed by atoms with Crippen LogP contribution in [0.4, 0.5) is 0 Å². The molecule has 0 fully saturated rings. The minimum atomic E-state index is 0.624. The van der Waals surface area contributed by atoms with E-state index in [9.17, 15) is 0 Å². The summed E-state index contributed by atoms with van der Waals surface area (Å²) < 4.78 is 2.73. The summed E-state index contributed by atoms with van der Waals surface area (Å²) in [7, 11) is 0. The standard InChI is InChI=1S/C42H77N2/c1-4-6-8-10-12-14-16-18-20-22-24-26-28-33-37-43-39-40(3)44(42(43)41-35-31-30-32-36-41)38-34-29-27-25-23-21-19-17-15-13-11-9-7-5-2/h30-32,35-36,40H,4-29,33-34,37-39H2,1-3H3/q+1. The van der Waals surface area contributed by atoms with Crippen molar-refractivity contribution in [1.29, 1.82) is 0 Å². The van der Waals surface area contributed by atoms with Crippen LogP contribution in [-0.2, 0) is 0 Å². The van der Waals surface area contributed by atoms with Gasteiger partial charge in [-0.3, -0.25) is 9.48 Å². The van der Waals surface area contributed by atoms with E-state index in [-0.39, 0.29) is 0 Å². The zero-order valence-corrected chi connectivity index (χ0v) is 30.3. The Kier molecular flexibility index (Phi) is 24.7. The minimum Gasteiger partial charge on any atom is -0.257 e. The van der Waals surface area contributed by atoms with Gasteiger partial charge in [0, 0.05) is 0 Å². The molecule has 1 heterocycles. The summed E-state index contributed by atoms with van der Waals surface area (Å²) in [4.78, 5) is 2.75. The van der Waals surface area contributed by atoms with Crippen molar-refractivity contribution in [2.75, 3.05) is 19.6 Å². The Labute approximate surface area is 276 Å². The Hall–Kier alpha value is -1.31. The van der Waals surface area contributed by atoms with E-state index in [0.717, 1.165) is 0 Å². The Morgan fingerprint density at radius 1 is 0.500 bits per heavy atom. The number of unbranched alkanes of at least 4 members (excludes halogenated alkanes) is 26. The lowest BCUT2D eigenvalue weighted by atomic mass is 10.0. The maximum absolute atomic E-state index is 2.75. The zero-order valence-electron chi connectivity index (χ0n) is 30.3. The van der Waals surface area contributed by atoms with Gasteiger partial charge in [-0.25, -0.2) is 0 Å². The van der Waals surface area contributed by atoms with Crippen molar-refractivity contribution >= 4 is 5.84 Å². The number of nitrogens with zero attached hydrogens (tertiary/aromatic N) is 2. The van der Waals surface area contributed by atoms with Crippen LogP contribution in [0.1, 0.15) is 206 Å². The number of hydrogen-bond acceptors (Lipinski definition) is 1. The van der Waals surface area contributed by atoms with E-state index >= 15 is 0 Å². The van der Waals surface area contributed by atoms with E-state index in [1.54, 1.807) is 0 Å². The fourth-order valence-electron chi connectivity index (χ4n) is 7.33. The number of benzene rings is 1. The summed E-state index contributed by atoms with van der Waals surface area (Å²) in [5.41, 5.74) is 1.42. The summed E-state index contributed by atoms with van der Waals surface area (Å²) in [6.07, 6.45) is 40.1. The molecule has 0 radical (unpaired) electrons. The first-order chi connectivity index (χ1) is 21.8. The molecule has 1 aromatic rings. The molecule has 1 unspecified atom stereocenters. The number of amidine groups is 1. The van der Waals surface area contributed by atoms with Gasteiger partial charge in [0.15, 0.2) is 0 Å². The summed E-state index contributed by atoms with van der Waals surface area (Å²) in [5, 5.41) is 0. The monoisotopic (exact) mass is 610 g/mol. The van der Waals surface area contributed by atoms with Crippen LogP contribution < -0.4 is 0 Å². The zero-order chi connectivity index (χ0) is 31.3. The van der Waals surface area contributed by atoms with Gasteiger partial charge < -0.3 is 0 Å². The Morgan fingerprint density at radius 3 is 1.27 bits per heavy atom. The van der Waals surface area contributed by atoms with Gasteiger partial charge in [-0.05, 0) is 44.7 Å². The summed E-state index contributed by atoms with van der Waals surface area (Å²) >= 11 is 0. The van der Waals surface area contributed by atoms with Crippen LogP contribution in [0, 0.1) is 0 Å². The lowest BCUT2D eigenvalue weighted by Crippen LogP contribution is -2.36. The highest BCUT2D eigenvalue weighted by Crippen LogP contribution is 2.20. The van der Waals surface area contributed by atoms with Crippen molar-refractivity contribution < 1.29 is 4.58 Å². The number of rotatable bonds is 31. The molecule has 0 bridgehead atoms. The van der Waals surface area contributed by atoms with Gasteiger partial charge in [-0.1, -0.05) is 186 Å². The van der Waals surface area contributed by atoms with Gasteiger partial charge in [-0.2, -0.15) is 0 Å². The molecule has 0 spiro atoms. The minimum absolute atomic E-state index is 0.624. The average molecular weight is 610 g/mol. The lowest BCUT2D eigenvalue weighted by Gasteiger charge is -2.18. The first-order valence-corrected chi connectivity index (χ1v) is 20.2. The molecule has 0 aliphatic carbocycles. The Bertz CT molecular complexity index is 784. The SMILES string of the molecule is CCCCCCCCCCCCCCCCN1C(c2ccccc2)=[N+](CCCCCCCCCCCCCCCC)CC1C. The van der Waals surface area contributed by atoms with Crippen LogP contribution in [0.15, 0.2) is 30.3 Å². The molecular formula is C42H77N2+. The predicted octanol–water partition coefficient (Wildman–Crippen LogP) is 13.1. The van der Waals surface area contributed by atoms with Crippen molar-refractivity contribution in [2.45, 2.75) is 207 Å². The smallest absolute Gasteiger partial charge is 0.257 e. The van der Waals surface area contributed by atoms with E-state index in [4.69, 9.17) is 0 Å². The maximum atomic E-state index is 2.75. The molecule has 1 aromatic carbocycles. The molecule has 44 heavy (non-hydrogen) atoms. The van der Waals surface area contributed by atoms with Gasteiger partial charge >= 0.3 is 0 Å². The van der Waals surface area contributed by atoms with Gasteiger partial charge in [0.05, 0.1) is 18.7 Å². The molecule has 1 atom stereocenters. The third-order valence-corrected chi connectivity index (χ3v) is 10.2. The summed E-state index contributed by atoms with van der Waals surface area (Å²) in [6.45, 7) is 10.7. The van der Waals surface area contributed by atoms with E-state index in [1.807, 2.05) is 0 Å². The van der Waals surface area contributed by atoms with Gasteiger partial charge in [0.1, 0.15) is 12.6 Å². The highest BCUT2D eigenvalue weighted by Gasteiger charge is 2.36. The molecular weight excluding hydrogens is 532 g/mol. The van der Waals surface area contributed by atoms with Crippen LogP contribution in [0.3, 0.4) is 0 Å². The first kappa shape index (κ1) is 38.9. The highest BCUT2D eigenvalue weighted by atomic mass is 15.3. The second-order valence-electron chi connectivity index (χ2n) is 14.4. The van der Waals surface area contributed by atoms with Crippen molar-refractivity contribution in [2.24, 2.45) is 0 Å². The Morgan fingerprint density at radius 2 is 0.864 bits per heavy atom. The van der Waals surface area contributed by atoms with Crippen molar-refractivity contribution in [3.05, 3.63) is 35.9 Å². The first-order valence-electron chi connectivity index (χ1n) is 20.2. The molecule has 1 aliphatic rings. The summed E-state index contributed by atoms with van der Waals surface area (Å²) in [6, 6.07) is 11.9. The van der Waals surface area contributed by atoms with Gasteiger partial charge in [0.25, 0.3) is 5.84 Å². The molecule has 0 saturated carbocycles. The molecule has 0 N–H and O–H groups in total. The lowest BCUT2D eigenvalue weighted by molar-refractivity contribution is -0.521. The van der Waals surface area contributed by atoms with Crippen LogP contribution in [0.5, 0.6) is 0 Å². The van der Waals surface area contributed by atoms with E-state index < -0.39 is 0 Å². The maximum Gasteiger partial charge on any atom is 0.279 e. The number of hydrogen-bond donors (Lipinski definition) is 0. The normalized spacial score (nSPS) is 15.2. The van der Waals surface area contributed by atoms with Crippen molar-refractivity contribution in [3.63, 3.8) is 0 Å². The molecule has 0 amide bonds. The van der Waals surface area contributed by atoms with E-state index in [0.29, 0.717) is 6.04 Å². The quantitative estimate of drug-likeness (QED) is 0.0599. The van der Waals surface area contributed by atoms with E-state index in [1.165, 1.54) is 211 Å². The highest BCUT2D eigenvalue weighted by molar-refractivity contribution is 5.95. The molecule has 2 heteroatoms. The third-order valence-electron chi connectivity index (χ3n) is 10.2. The Balaban J connectivity index is 1.58. The van der Waals surface area contributed by atoms with Gasteiger partial charge in [-0.15, -0.1) is 0 Å². The fourth-order valence-corrected chi connectivity index (χ4v) is 7.33. The van der Waals surface area contributed by atoms with Crippen LogP contribution >= 0.6 is 0 Å². The van der Waals surface area contributed by atoms with Crippen molar-refractivity contribution in [1.82, 2.24) is 4.90 Å². The summed E-state index contributed by atoms with van der Waals surface area (Å²) in [5.74, 6) is 1.52. The predicted molar refractivity (Wildman–Crippen MR) is 197 cm³/mol. The van der Waals surface area contributed by atoms with Crippen molar-refractivity contribution in [3.8, 4) is 0 Å². The van der Waals surface area contributed by atoms with Crippen LogP contribution in [-0.4, -0.2) is 41.0 Å². The molecule has 0 aromatic heterocycles. The molecule has 2 nitrogen and oxygen atoms in total. The molecule has 1 aliphatic heterocycles. The average Bonchev–Trinajstić information content (AvgIpc) is 3.36. The molecule has 0 saturated heterocycles. The second-order valence-corrected chi connectivity index (χ2v) is 14.4. The topological polar surface area (TPSA) is 6.25 Å². The van der Waals surface area contributed by atoms with Crippen LogP contribution in [0.2, 0.25) is 0 Å².